The second-order valence-electron chi connectivity index (χ2n) is 5.75. The average Bonchev–Trinajstić information content (AvgIpc) is 2.17. The van der Waals surface area contributed by atoms with E-state index in [1.54, 1.807) is 0 Å². The van der Waals surface area contributed by atoms with E-state index in [0.717, 1.165) is 13.0 Å². The summed E-state index contributed by atoms with van der Waals surface area (Å²) in [5.74, 6) is 1.07. The predicted molar refractivity (Wildman–Crippen MR) is 63.9 cm³/mol. The van der Waals surface area contributed by atoms with E-state index < -0.39 is 0 Å². The van der Waals surface area contributed by atoms with Crippen molar-refractivity contribution in [3.8, 4) is 0 Å². The van der Waals surface area contributed by atoms with Crippen molar-refractivity contribution in [2.75, 3.05) is 19.6 Å². The van der Waals surface area contributed by atoms with Gasteiger partial charge in [-0.1, -0.05) is 27.7 Å². The lowest BCUT2D eigenvalue weighted by Gasteiger charge is -2.31. The highest BCUT2D eigenvalue weighted by atomic mass is 16.1. The van der Waals surface area contributed by atoms with Gasteiger partial charge in [0, 0.05) is 11.8 Å². The summed E-state index contributed by atoms with van der Waals surface area (Å²) in [6, 6.07) is 0. The molecule has 1 aliphatic heterocycles. The van der Waals surface area contributed by atoms with Gasteiger partial charge in [0.05, 0.1) is 0 Å². The Balaban J connectivity index is 2.33. The number of likely N-dealkylation sites (tertiary alicyclic amines) is 1. The fraction of sp³-hybridized carbons (Fsp3) is 0.923. The molecule has 88 valence electrons. The van der Waals surface area contributed by atoms with E-state index in [-0.39, 0.29) is 5.41 Å². The van der Waals surface area contributed by atoms with E-state index in [0.29, 0.717) is 11.7 Å². The number of rotatable bonds is 3. The summed E-state index contributed by atoms with van der Waals surface area (Å²) in [7, 11) is 0. The van der Waals surface area contributed by atoms with E-state index in [2.05, 4.69) is 11.8 Å². The number of Topliss-reactive ketones (excluding diaryl/α,β-unsaturated/α-hetero) is 1. The maximum absolute atomic E-state index is 11.9. The molecule has 1 saturated heterocycles. The van der Waals surface area contributed by atoms with Crippen LogP contribution in [0.3, 0.4) is 0 Å². The first-order chi connectivity index (χ1) is 6.93. The van der Waals surface area contributed by atoms with Gasteiger partial charge in [0.15, 0.2) is 0 Å². The van der Waals surface area contributed by atoms with Gasteiger partial charge in [0.1, 0.15) is 5.78 Å². The second-order valence-corrected chi connectivity index (χ2v) is 5.75. The predicted octanol–water partition coefficient (Wildman–Crippen LogP) is 2.72. The van der Waals surface area contributed by atoms with E-state index in [4.69, 9.17) is 0 Å². The number of carbonyl (C=O) groups excluding carboxylic acids is 1. The van der Waals surface area contributed by atoms with Gasteiger partial charge in [-0.3, -0.25) is 4.79 Å². The smallest absolute Gasteiger partial charge is 0.138 e. The third kappa shape index (κ3) is 3.94. The van der Waals surface area contributed by atoms with E-state index in [9.17, 15) is 4.79 Å². The number of piperidine rings is 1. The molecular weight excluding hydrogens is 186 g/mol. The Hall–Kier alpha value is -0.370. The molecule has 0 unspecified atom stereocenters. The molecule has 0 aromatic heterocycles. The first-order valence-electron chi connectivity index (χ1n) is 6.19. The highest BCUT2D eigenvalue weighted by Crippen LogP contribution is 2.25. The van der Waals surface area contributed by atoms with Crippen molar-refractivity contribution < 1.29 is 4.79 Å². The number of hydrogen-bond donors (Lipinski definition) is 0. The van der Waals surface area contributed by atoms with Gasteiger partial charge in [-0.15, -0.1) is 0 Å². The Labute approximate surface area is 94.0 Å². The van der Waals surface area contributed by atoms with Crippen LogP contribution in [0.15, 0.2) is 0 Å². The first-order valence-corrected chi connectivity index (χ1v) is 6.19. The van der Waals surface area contributed by atoms with Crippen molar-refractivity contribution >= 4 is 5.78 Å². The normalized spacial score (nSPS) is 20.5. The lowest BCUT2D eigenvalue weighted by Crippen LogP contribution is -2.35. The number of ketones is 1. The molecule has 0 atom stereocenters. The largest absolute Gasteiger partial charge is 0.304 e. The number of nitrogens with zero attached hydrogens (tertiary/aromatic N) is 1. The zero-order valence-corrected chi connectivity index (χ0v) is 10.7. The number of carbonyl (C=O) groups is 1. The second kappa shape index (κ2) is 5.11. The van der Waals surface area contributed by atoms with Crippen LogP contribution in [0, 0.1) is 11.3 Å². The maximum Gasteiger partial charge on any atom is 0.138 e. The molecule has 1 heterocycles. The van der Waals surface area contributed by atoms with E-state index in [1.807, 2.05) is 20.8 Å². The van der Waals surface area contributed by atoms with Crippen LogP contribution >= 0.6 is 0 Å². The van der Waals surface area contributed by atoms with Crippen molar-refractivity contribution in [3.05, 3.63) is 0 Å². The molecule has 0 spiro atoms. The van der Waals surface area contributed by atoms with Gasteiger partial charge >= 0.3 is 0 Å². The summed E-state index contributed by atoms with van der Waals surface area (Å²) >= 11 is 0. The third-order valence-corrected chi connectivity index (χ3v) is 3.46. The third-order valence-electron chi connectivity index (χ3n) is 3.46. The average molecular weight is 211 g/mol. The summed E-state index contributed by atoms with van der Waals surface area (Å²) in [6.07, 6.45) is 3.20. The van der Waals surface area contributed by atoms with Crippen LogP contribution in [0.1, 0.15) is 47.0 Å². The van der Waals surface area contributed by atoms with Crippen LogP contribution in [0.25, 0.3) is 0 Å². The van der Waals surface area contributed by atoms with Crippen molar-refractivity contribution in [2.24, 2.45) is 11.3 Å². The minimum Gasteiger partial charge on any atom is -0.304 e. The Morgan fingerprint density at radius 2 is 1.80 bits per heavy atom. The van der Waals surface area contributed by atoms with Gasteiger partial charge in [-0.25, -0.2) is 0 Å². The summed E-state index contributed by atoms with van der Waals surface area (Å²) in [6.45, 7) is 11.8. The minimum atomic E-state index is -0.151. The molecule has 0 saturated carbocycles. The molecule has 0 aliphatic carbocycles. The summed E-state index contributed by atoms with van der Waals surface area (Å²) in [5.41, 5.74) is -0.151. The zero-order chi connectivity index (χ0) is 11.5. The lowest BCUT2D eigenvalue weighted by atomic mass is 9.82. The van der Waals surface area contributed by atoms with E-state index >= 15 is 0 Å². The zero-order valence-electron chi connectivity index (χ0n) is 10.7. The van der Waals surface area contributed by atoms with Crippen LogP contribution in [0.5, 0.6) is 0 Å². The fourth-order valence-electron chi connectivity index (χ4n) is 2.08. The van der Waals surface area contributed by atoms with Crippen LogP contribution in [0.2, 0.25) is 0 Å². The molecule has 1 fully saturated rings. The quantitative estimate of drug-likeness (QED) is 0.715. The van der Waals surface area contributed by atoms with Crippen LogP contribution in [0.4, 0.5) is 0 Å². The molecule has 1 rings (SSSR count). The highest BCUT2D eigenvalue weighted by Gasteiger charge is 2.26. The van der Waals surface area contributed by atoms with Crippen LogP contribution in [-0.4, -0.2) is 30.3 Å². The van der Waals surface area contributed by atoms with Gasteiger partial charge in [0.2, 0.25) is 0 Å². The fourth-order valence-corrected chi connectivity index (χ4v) is 2.08. The van der Waals surface area contributed by atoms with Gasteiger partial charge in [-0.2, -0.15) is 0 Å². The molecule has 15 heavy (non-hydrogen) atoms. The Kier molecular flexibility index (Phi) is 4.32. The van der Waals surface area contributed by atoms with Crippen molar-refractivity contribution in [3.63, 3.8) is 0 Å². The molecule has 0 aromatic carbocycles. The minimum absolute atomic E-state index is 0.151. The summed E-state index contributed by atoms with van der Waals surface area (Å²) in [4.78, 5) is 14.3. The standard InChI is InChI=1S/C13H25NO/c1-5-14-8-6-11(7-9-14)10-12(15)13(2,3)4/h11H,5-10H2,1-4H3. The van der Waals surface area contributed by atoms with Crippen molar-refractivity contribution in [1.82, 2.24) is 4.90 Å². The summed E-state index contributed by atoms with van der Waals surface area (Å²) < 4.78 is 0. The van der Waals surface area contributed by atoms with Crippen LogP contribution < -0.4 is 0 Å². The molecular formula is C13H25NO. The monoisotopic (exact) mass is 211 g/mol. The molecule has 1 aliphatic rings. The van der Waals surface area contributed by atoms with Crippen molar-refractivity contribution in [1.29, 1.82) is 0 Å². The van der Waals surface area contributed by atoms with E-state index in [1.165, 1.54) is 25.9 Å². The molecule has 0 amide bonds. The van der Waals surface area contributed by atoms with Crippen LogP contribution in [-0.2, 0) is 4.79 Å². The maximum atomic E-state index is 11.9. The molecule has 0 radical (unpaired) electrons. The SMILES string of the molecule is CCN1CCC(CC(=O)C(C)(C)C)CC1. The van der Waals surface area contributed by atoms with Crippen molar-refractivity contribution in [2.45, 2.75) is 47.0 Å². The molecule has 0 bridgehead atoms. The Morgan fingerprint density at radius 1 is 1.27 bits per heavy atom. The van der Waals surface area contributed by atoms with Gasteiger partial charge in [-0.05, 0) is 38.4 Å². The highest BCUT2D eigenvalue weighted by molar-refractivity contribution is 5.83. The topological polar surface area (TPSA) is 20.3 Å². The molecule has 2 nitrogen and oxygen atoms in total. The number of hydrogen-bond acceptors (Lipinski definition) is 2. The lowest BCUT2D eigenvalue weighted by molar-refractivity contribution is -0.127. The molecule has 0 N–H and O–H groups in total. The van der Waals surface area contributed by atoms with Gasteiger partial charge < -0.3 is 4.90 Å². The first kappa shape index (κ1) is 12.7. The summed E-state index contributed by atoms with van der Waals surface area (Å²) in [5, 5.41) is 0. The molecule has 2 heteroatoms. The van der Waals surface area contributed by atoms with Gasteiger partial charge in [0.25, 0.3) is 0 Å². The Morgan fingerprint density at radius 3 is 2.20 bits per heavy atom. The Bertz CT molecular complexity index is 209. The molecule has 0 aromatic rings.